The first-order chi connectivity index (χ1) is 11.3. The van der Waals surface area contributed by atoms with Crippen LogP contribution in [0.15, 0.2) is 60.7 Å². The van der Waals surface area contributed by atoms with Crippen LogP contribution in [0.3, 0.4) is 0 Å². The van der Waals surface area contributed by atoms with Crippen molar-refractivity contribution in [2.24, 2.45) is 0 Å². The van der Waals surface area contributed by atoms with Gasteiger partial charge in [0.05, 0.1) is 0 Å². The number of hydrogen-bond donors (Lipinski definition) is 3. The van der Waals surface area contributed by atoms with Crippen molar-refractivity contribution < 1.29 is 9.53 Å². The molecule has 2 aromatic carbocycles. The molecule has 5 heteroatoms. The van der Waals surface area contributed by atoms with Gasteiger partial charge in [-0.3, -0.25) is 10.2 Å². The van der Waals surface area contributed by atoms with Crippen molar-refractivity contribution in [3.8, 4) is 5.75 Å². The highest BCUT2D eigenvalue weighted by molar-refractivity contribution is 5.77. The van der Waals surface area contributed by atoms with Crippen molar-refractivity contribution in [3.05, 3.63) is 66.2 Å². The number of benzene rings is 2. The molecule has 2 aromatic rings. The predicted octanol–water partition coefficient (Wildman–Crippen LogP) is 1.79. The molecule has 0 aliphatic carbocycles. The molecule has 120 valence electrons. The van der Waals surface area contributed by atoms with Gasteiger partial charge in [0.25, 0.3) is 5.91 Å². The molecule has 1 aliphatic rings. The molecule has 1 heterocycles. The molecule has 3 N–H and O–H groups in total. The molecule has 1 saturated heterocycles. The van der Waals surface area contributed by atoms with Gasteiger partial charge in [0.2, 0.25) is 0 Å². The third-order valence-electron chi connectivity index (χ3n) is 3.84. The molecule has 23 heavy (non-hydrogen) atoms. The lowest BCUT2D eigenvalue weighted by molar-refractivity contribution is -0.123. The summed E-state index contributed by atoms with van der Waals surface area (Å²) in [5.41, 5.74) is 7.75. The van der Waals surface area contributed by atoms with Gasteiger partial charge in [0.1, 0.15) is 5.75 Å². The van der Waals surface area contributed by atoms with Gasteiger partial charge in [0.15, 0.2) is 6.61 Å². The van der Waals surface area contributed by atoms with Gasteiger partial charge < -0.3 is 10.1 Å². The van der Waals surface area contributed by atoms with Crippen LogP contribution in [0.2, 0.25) is 0 Å². The fourth-order valence-corrected chi connectivity index (χ4v) is 2.61. The molecule has 2 atom stereocenters. The Morgan fingerprint density at radius 2 is 1.74 bits per heavy atom. The van der Waals surface area contributed by atoms with Gasteiger partial charge in [-0.25, -0.2) is 5.43 Å². The smallest absolute Gasteiger partial charge is 0.257 e. The van der Waals surface area contributed by atoms with Crippen LogP contribution in [-0.4, -0.2) is 25.1 Å². The summed E-state index contributed by atoms with van der Waals surface area (Å²) in [6.07, 6.45) is 0.934. The molecule has 0 aromatic heterocycles. The van der Waals surface area contributed by atoms with Crippen molar-refractivity contribution in [1.82, 2.24) is 16.2 Å². The van der Waals surface area contributed by atoms with Gasteiger partial charge in [0, 0.05) is 18.6 Å². The highest BCUT2D eigenvalue weighted by Crippen LogP contribution is 2.21. The standard InChI is InChI=1S/C18H21N3O2/c22-18(13-23-16-9-5-2-6-10-16)19-12-15-11-17(21-20-15)14-7-3-1-4-8-14/h1-10,15,17,20-21H,11-13H2,(H,19,22). The first-order valence-electron chi connectivity index (χ1n) is 7.82. The van der Waals surface area contributed by atoms with E-state index in [1.165, 1.54) is 5.56 Å². The summed E-state index contributed by atoms with van der Waals surface area (Å²) < 4.78 is 5.43. The van der Waals surface area contributed by atoms with E-state index in [-0.39, 0.29) is 24.6 Å². The second-order valence-electron chi connectivity index (χ2n) is 5.59. The van der Waals surface area contributed by atoms with E-state index in [1.807, 2.05) is 48.5 Å². The van der Waals surface area contributed by atoms with Crippen molar-refractivity contribution in [2.45, 2.75) is 18.5 Å². The van der Waals surface area contributed by atoms with Gasteiger partial charge in [-0.05, 0) is 24.1 Å². The van der Waals surface area contributed by atoms with Crippen LogP contribution >= 0.6 is 0 Å². The lowest BCUT2D eigenvalue weighted by Crippen LogP contribution is -2.41. The molecule has 1 aliphatic heterocycles. The summed E-state index contributed by atoms with van der Waals surface area (Å²) in [4.78, 5) is 11.8. The fourth-order valence-electron chi connectivity index (χ4n) is 2.61. The molecule has 3 rings (SSSR count). The lowest BCUT2D eigenvalue weighted by atomic mass is 10.0. The van der Waals surface area contributed by atoms with Gasteiger partial charge in [-0.1, -0.05) is 48.5 Å². The maximum Gasteiger partial charge on any atom is 0.257 e. The Balaban J connectivity index is 1.38. The largest absolute Gasteiger partial charge is 0.484 e. The fraction of sp³-hybridized carbons (Fsp3) is 0.278. The second-order valence-corrected chi connectivity index (χ2v) is 5.59. The Morgan fingerprint density at radius 3 is 2.48 bits per heavy atom. The van der Waals surface area contributed by atoms with Crippen LogP contribution < -0.4 is 20.9 Å². The highest BCUT2D eigenvalue weighted by Gasteiger charge is 2.24. The highest BCUT2D eigenvalue weighted by atomic mass is 16.5. The number of para-hydroxylation sites is 1. The topological polar surface area (TPSA) is 62.4 Å². The van der Waals surface area contributed by atoms with Crippen molar-refractivity contribution >= 4 is 5.91 Å². The number of hydrazine groups is 1. The monoisotopic (exact) mass is 311 g/mol. The first kappa shape index (κ1) is 15.5. The Hall–Kier alpha value is -2.37. The SMILES string of the molecule is O=C(COc1ccccc1)NCC1CC(c2ccccc2)NN1. The minimum absolute atomic E-state index is 0.0340. The quantitative estimate of drug-likeness (QED) is 0.761. The van der Waals surface area contributed by atoms with E-state index in [9.17, 15) is 4.79 Å². The molecular weight excluding hydrogens is 290 g/mol. The molecule has 0 bridgehead atoms. The predicted molar refractivity (Wildman–Crippen MR) is 88.8 cm³/mol. The Bertz CT molecular complexity index is 619. The Morgan fingerprint density at radius 1 is 1.04 bits per heavy atom. The van der Waals surface area contributed by atoms with Crippen LogP contribution in [0.25, 0.3) is 0 Å². The molecule has 5 nitrogen and oxygen atoms in total. The van der Waals surface area contributed by atoms with E-state index in [2.05, 4.69) is 28.3 Å². The normalized spacial score (nSPS) is 20.2. The van der Waals surface area contributed by atoms with Crippen molar-refractivity contribution in [2.75, 3.05) is 13.2 Å². The average molecular weight is 311 g/mol. The summed E-state index contributed by atoms with van der Waals surface area (Å²) >= 11 is 0. The van der Waals surface area contributed by atoms with Crippen LogP contribution in [0, 0.1) is 0 Å². The Kier molecular flexibility index (Phi) is 5.24. The summed E-state index contributed by atoms with van der Waals surface area (Å²) in [6, 6.07) is 20.1. The van der Waals surface area contributed by atoms with E-state index >= 15 is 0 Å². The number of hydrogen-bond acceptors (Lipinski definition) is 4. The number of carbonyl (C=O) groups excluding carboxylic acids is 1. The number of amides is 1. The zero-order chi connectivity index (χ0) is 15.9. The summed E-state index contributed by atoms with van der Waals surface area (Å²) in [5, 5.41) is 2.90. The van der Waals surface area contributed by atoms with Crippen LogP contribution in [-0.2, 0) is 4.79 Å². The van der Waals surface area contributed by atoms with Crippen LogP contribution in [0.4, 0.5) is 0 Å². The third-order valence-corrected chi connectivity index (χ3v) is 3.84. The number of ether oxygens (including phenoxy) is 1. The van der Waals surface area contributed by atoms with Gasteiger partial charge >= 0.3 is 0 Å². The van der Waals surface area contributed by atoms with Gasteiger partial charge in [-0.15, -0.1) is 0 Å². The maximum atomic E-state index is 11.8. The zero-order valence-corrected chi connectivity index (χ0v) is 12.9. The minimum Gasteiger partial charge on any atom is -0.484 e. The number of rotatable bonds is 6. The minimum atomic E-state index is -0.112. The summed E-state index contributed by atoms with van der Waals surface area (Å²) in [6.45, 7) is 0.611. The molecule has 0 spiro atoms. The van der Waals surface area contributed by atoms with E-state index in [4.69, 9.17) is 4.74 Å². The first-order valence-corrected chi connectivity index (χ1v) is 7.82. The number of carbonyl (C=O) groups is 1. The number of nitrogens with one attached hydrogen (secondary N) is 3. The molecule has 1 fully saturated rings. The van der Waals surface area contributed by atoms with Gasteiger partial charge in [-0.2, -0.15) is 0 Å². The lowest BCUT2D eigenvalue weighted by Gasteiger charge is -2.11. The third kappa shape index (κ3) is 4.55. The molecule has 0 saturated carbocycles. The van der Waals surface area contributed by atoms with E-state index in [0.717, 1.165) is 6.42 Å². The van der Waals surface area contributed by atoms with Crippen LogP contribution in [0.1, 0.15) is 18.0 Å². The molecule has 2 unspecified atom stereocenters. The Labute approximate surface area is 136 Å². The molecule has 1 amide bonds. The van der Waals surface area contributed by atoms with E-state index in [0.29, 0.717) is 12.3 Å². The second kappa shape index (κ2) is 7.76. The summed E-state index contributed by atoms with van der Waals surface area (Å²) in [7, 11) is 0. The van der Waals surface area contributed by atoms with E-state index < -0.39 is 0 Å². The van der Waals surface area contributed by atoms with E-state index in [1.54, 1.807) is 0 Å². The van der Waals surface area contributed by atoms with Crippen molar-refractivity contribution in [3.63, 3.8) is 0 Å². The molecular formula is C18H21N3O2. The molecule has 0 radical (unpaired) electrons. The zero-order valence-electron chi connectivity index (χ0n) is 12.9. The summed E-state index contributed by atoms with van der Waals surface area (Å²) in [5.74, 6) is 0.589. The van der Waals surface area contributed by atoms with Crippen molar-refractivity contribution in [1.29, 1.82) is 0 Å². The average Bonchev–Trinajstić information content (AvgIpc) is 3.09. The maximum absolute atomic E-state index is 11.8. The van der Waals surface area contributed by atoms with Crippen LogP contribution in [0.5, 0.6) is 5.75 Å².